The Morgan fingerprint density at radius 3 is 2.63 bits per heavy atom. The van der Waals surface area contributed by atoms with Crippen LogP contribution in [-0.2, 0) is 20.9 Å². The van der Waals surface area contributed by atoms with Crippen molar-refractivity contribution in [2.75, 3.05) is 13.7 Å². The Morgan fingerprint density at radius 2 is 1.93 bits per heavy atom. The minimum absolute atomic E-state index is 0.181. The van der Waals surface area contributed by atoms with E-state index in [-0.39, 0.29) is 12.2 Å². The van der Waals surface area contributed by atoms with Crippen LogP contribution in [0.15, 0.2) is 59.2 Å². The molecule has 0 saturated heterocycles. The maximum absolute atomic E-state index is 10.6. The average molecular weight is 369 g/mol. The molecule has 27 heavy (non-hydrogen) atoms. The van der Waals surface area contributed by atoms with Crippen molar-refractivity contribution in [2.24, 2.45) is 0 Å². The molecule has 6 nitrogen and oxygen atoms in total. The van der Waals surface area contributed by atoms with Gasteiger partial charge < -0.3 is 28.5 Å². The number of hydrogen-bond donors (Lipinski definition) is 0. The standard InChI is InChI=1S/C21H22O6/c1-14(20(24-2)15-7-4-3-5-8-15)25-11-16-12-27-21-17(16)9-6-10-18(21)26-13-19(22)23/h3-10,12,14,20H,11,13H2,1-2H3,(H,22,23)/p-1. The van der Waals surface area contributed by atoms with E-state index in [4.69, 9.17) is 18.6 Å². The molecule has 6 heteroatoms. The quantitative estimate of drug-likeness (QED) is 0.577. The van der Waals surface area contributed by atoms with Crippen molar-refractivity contribution in [3.05, 3.63) is 65.9 Å². The zero-order valence-electron chi connectivity index (χ0n) is 15.2. The molecular weight excluding hydrogens is 348 g/mol. The fraction of sp³-hybridized carbons (Fsp3) is 0.286. The second kappa shape index (κ2) is 8.70. The van der Waals surface area contributed by atoms with E-state index in [1.165, 1.54) is 0 Å². The van der Waals surface area contributed by atoms with Crippen LogP contribution >= 0.6 is 0 Å². The normalized spacial score (nSPS) is 13.4. The number of fused-ring (bicyclic) bond motifs is 1. The zero-order chi connectivity index (χ0) is 19.2. The maximum Gasteiger partial charge on any atom is 0.176 e. The van der Waals surface area contributed by atoms with Gasteiger partial charge in [0, 0.05) is 18.1 Å². The Labute approximate surface area is 157 Å². The molecule has 0 aliphatic carbocycles. The summed E-state index contributed by atoms with van der Waals surface area (Å²) in [6.07, 6.45) is 1.22. The number of hydrogen-bond acceptors (Lipinski definition) is 6. The summed E-state index contributed by atoms with van der Waals surface area (Å²) in [5.41, 5.74) is 2.37. The van der Waals surface area contributed by atoms with E-state index in [1.807, 2.05) is 43.3 Å². The Morgan fingerprint density at radius 1 is 1.15 bits per heavy atom. The van der Waals surface area contributed by atoms with Gasteiger partial charge in [-0.05, 0) is 18.6 Å². The van der Waals surface area contributed by atoms with E-state index < -0.39 is 12.6 Å². The van der Waals surface area contributed by atoms with Crippen LogP contribution < -0.4 is 9.84 Å². The summed E-state index contributed by atoms with van der Waals surface area (Å²) in [6.45, 7) is 1.75. The molecule has 0 aliphatic heterocycles. The molecule has 2 aromatic carbocycles. The largest absolute Gasteiger partial charge is 0.546 e. The van der Waals surface area contributed by atoms with Crippen LogP contribution in [0.4, 0.5) is 0 Å². The molecule has 3 aromatic rings. The van der Waals surface area contributed by atoms with Crippen molar-refractivity contribution < 1.29 is 28.5 Å². The van der Waals surface area contributed by atoms with Crippen molar-refractivity contribution in [3.63, 3.8) is 0 Å². The van der Waals surface area contributed by atoms with Crippen LogP contribution in [0.2, 0.25) is 0 Å². The van der Waals surface area contributed by atoms with Gasteiger partial charge in [-0.25, -0.2) is 0 Å². The molecule has 0 aliphatic rings. The smallest absolute Gasteiger partial charge is 0.176 e. The molecule has 1 aromatic heterocycles. The monoisotopic (exact) mass is 369 g/mol. The van der Waals surface area contributed by atoms with Gasteiger partial charge in [0.2, 0.25) is 0 Å². The first-order valence-electron chi connectivity index (χ1n) is 8.61. The third kappa shape index (κ3) is 4.48. The summed E-state index contributed by atoms with van der Waals surface area (Å²) in [4.78, 5) is 10.6. The maximum atomic E-state index is 10.6. The number of carbonyl (C=O) groups excluding carboxylic acids is 1. The summed E-state index contributed by atoms with van der Waals surface area (Å²) >= 11 is 0. The Bertz CT molecular complexity index is 886. The third-order valence-corrected chi connectivity index (χ3v) is 4.30. The predicted molar refractivity (Wildman–Crippen MR) is 97.2 cm³/mol. The lowest BCUT2D eigenvalue weighted by Crippen LogP contribution is -2.28. The number of benzene rings is 2. The lowest BCUT2D eigenvalue weighted by molar-refractivity contribution is -0.307. The number of aliphatic carboxylic acids is 1. The average Bonchev–Trinajstić information content (AvgIpc) is 3.10. The molecule has 0 fully saturated rings. The van der Waals surface area contributed by atoms with Gasteiger partial charge in [-0.1, -0.05) is 42.5 Å². The molecule has 2 unspecified atom stereocenters. The Balaban J connectivity index is 1.71. The number of carboxylic acids is 1. The van der Waals surface area contributed by atoms with Gasteiger partial charge in [0.25, 0.3) is 0 Å². The molecule has 0 amide bonds. The summed E-state index contributed by atoms with van der Waals surface area (Å²) in [6, 6.07) is 15.2. The highest BCUT2D eigenvalue weighted by molar-refractivity contribution is 5.86. The molecule has 3 rings (SSSR count). The third-order valence-electron chi connectivity index (χ3n) is 4.30. The fourth-order valence-electron chi connectivity index (χ4n) is 3.00. The number of furan rings is 1. The van der Waals surface area contributed by atoms with E-state index in [0.29, 0.717) is 17.9 Å². The molecule has 1 heterocycles. The van der Waals surface area contributed by atoms with Crippen LogP contribution in [0.1, 0.15) is 24.2 Å². The van der Waals surface area contributed by atoms with Gasteiger partial charge in [-0.3, -0.25) is 0 Å². The first kappa shape index (κ1) is 18.9. The second-order valence-electron chi connectivity index (χ2n) is 6.14. The summed E-state index contributed by atoms with van der Waals surface area (Å²) in [5.74, 6) is -0.933. The number of methoxy groups -OCH3 is 1. The van der Waals surface area contributed by atoms with Gasteiger partial charge in [-0.2, -0.15) is 0 Å². The van der Waals surface area contributed by atoms with Crippen molar-refractivity contribution >= 4 is 16.9 Å². The Hall–Kier alpha value is -2.83. The second-order valence-corrected chi connectivity index (χ2v) is 6.14. The lowest BCUT2D eigenvalue weighted by atomic mass is 10.1. The predicted octanol–water partition coefficient (Wildman–Crippen LogP) is 2.85. The van der Waals surface area contributed by atoms with Gasteiger partial charge in [0.15, 0.2) is 11.3 Å². The zero-order valence-corrected chi connectivity index (χ0v) is 15.2. The molecule has 2 atom stereocenters. The van der Waals surface area contributed by atoms with Crippen molar-refractivity contribution in [1.29, 1.82) is 0 Å². The Kier molecular flexibility index (Phi) is 6.11. The molecule has 142 valence electrons. The molecule has 0 spiro atoms. The molecule has 0 saturated carbocycles. The fourth-order valence-corrected chi connectivity index (χ4v) is 3.00. The SMILES string of the molecule is COC(c1ccccc1)C(C)OCc1coc2c(OCC(=O)[O-])cccc12. The number of ether oxygens (including phenoxy) is 3. The number of para-hydroxylation sites is 1. The van der Waals surface area contributed by atoms with Crippen LogP contribution in [0.3, 0.4) is 0 Å². The van der Waals surface area contributed by atoms with Crippen LogP contribution in [-0.4, -0.2) is 25.8 Å². The summed E-state index contributed by atoms with van der Waals surface area (Å²) in [5, 5.41) is 11.4. The number of rotatable bonds is 9. The first-order valence-corrected chi connectivity index (χ1v) is 8.61. The van der Waals surface area contributed by atoms with Gasteiger partial charge in [-0.15, -0.1) is 0 Å². The van der Waals surface area contributed by atoms with Crippen LogP contribution in [0.25, 0.3) is 11.0 Å². The van der Waals surface area contributed by atoms with Crippen molar-refractivity contribution in [1.82, 2.24) is 0 Å². The van der Waals surface area contributed by atoms with Gasteiger partial charge >= 0.3 is 0 Å². The molecule has 0 bridgehead atoms. The van der Waals surface area contributed by atoms with E-state index in [0.717, 1.165) is 16.5 Å². The van der Waals surface area contributed by atoms with Crippen molar-refractivity contribution in [3.8, 4) is 5.75 Å². The first-order chi connectivity index (χ1) is 13.1. The van der Waals surface area contributed by atoms with E-state index in [9.17, 15) is 9.90 Å². The van der Waals surface area contributed by atoms with Gasteiger partial charge in [0.05, 0.1) is 24.9 Å². The molecule has 0 radical (unpaired) electrons. The molecule has 0 N–H and O–H groups in total. The van der Waals surface area contributed by atoms with Gasteiger partial charge in [0.1, 0.15) is 12.7 Å². The van der Waals surface area contributed by atoms with Crippen LogP contribution in [0.5, 0.6) is 5.75 Å². The number of carbonyl (C=O) groups is 1. The topological polar surface area (TPSA) is 81.0 Å². The highest BCUT2D eigenvalue weighted by atomic mass is 16.5. The minimum atomic E-state index is -1.29. The lowest BCUT2D eigenvalue weighted by Gasteiger charge is -2.23. The summed E-state index contributed by atoms with van der Waals surface area (Å²) in [7, 11) is 1.66. The highest BCUT2D eigenvalue weighted by Gasteiger charge is 2.20. The van der Waals surface area contributed by atoms with E-state index >= 15 is 0 Å². The van der Waals surface area contributed by atoms with Crippen LogP contribution in [0, 0.1) is 0 Å². The van der Waals surface area contributed by atoms with E-state index in [1.54, 1.807) is 25.5 Å². The van der Waals surface area contributed by atoms with Crippen molar-refractivity contribution in [2.45, 2.75) is 25.7 Å². The number of carboxylic acid groups (broad SMARTS) is 1. The molecular formula is C21H21O6-. The van der Waals surface area contributed by atoms with E-state index in [2.05, 4.69) is 0 Å². The highest BCUT2D eigenvalue weighted by Crippen LogP contribution is 2.31. The minimum Gasteiger partial charge on any atom is -0.546 e. The summed E-state index contributed by atoms with van der Waals surface area (Å²) < 4.78 is 22.4.